The zero-order chi connectivity index (χ0) is 33.2. The highest BCUT2D eigenvalue weighted by Gasteiger charge is 2.53. The van der Waals surface area contributed by atoms with E-state index in [1.165, 1.54) is 42.6 Å². The van der Waals surface area contributed by atoms with Crippen LogP contribution < -0.4 is 0 Å². The molecule has 1 saturated heterocycles. The summed E-state index contributed by atoms with van der Waals surface area (Å²) in [6, 6.07) is 7.92. The van der Waals surface area contributed by atoms with Crippen molar-refractivity contribution in [3.8, 4) is 11.3 Å². The molecule has 3 aromatic rings. The van der Waals surface area contributed by atoms with Gasteiger partial charge in [0.05, 0.1) is 30.5 Å². The zero-order valence-corrected chi connectivity index (χ0v) is 24.8. The predicted molar refractivity (Wildman–Crippen MR) is 152 cm³/mol. The number of aliphatic hydroxyl groups is 3. The Labute approximate surface area is 261 Å². The molecule has 1 aromatic heterocycles. The lowest BCUT2D eigenvalue weighted by Gasteiger charge is -2.46. The van der Waals surface area contributed by atoms with Crippen molar-refractivity contribution in [1.82, 2.24) is 19.9 Å². The van der Waals surface area contributed by atoms with Crippen LogP contribution in [0, 0.1) is 5.82 Å². The van der Waals surface area contributed by atoms with Crippen molar-refractivity contribution in [2.75, 3.05) is 6.61 Å². The Bertz CT molecular complexity index is 1540. The summed E-state index contributed by atoms with van der Waals surface area (Å²) >= 11 is 0. The summed E-state index contributed by atoms with van der Waals surface area (Å²) in [5.41, 5.74) is -0.677. The first-order valence-corrected chi connectivity index (χ1v) is 14.8. The molecule has 0 bridgehead atoms. The minimum atomic E-state index is -4.73. The maximum Gasteiger partial charge on any atom is 0.416 e. The maximum absolute atomic E-state index is 14.5. The standard InChI is InChI=1S/C31H34F4N4O7/c1-17(41)45-28-26(39-15-22(36-37-39)18-8-6-9-20(32)13-18)27(43)25(16-40)46-29(28)30(44)38(23-11-4-5-12-24(23)42)14-19-7-2-3-10-21(19)31(33,34)35/h2-3,6-10,13,15,23-29,40,42-43H,4-5,11-12,14,16H2,1H3/t23-,24-,25+,26-,27-,28+,29+/m0/s1. The van der Waals surface area contributed by atoms with Crippen LogP contribution in [0.4, 0.5) is 17.6 Å². The Hall–Kier alpha value is -3.92. The average molecular weight is 651 g/mol. The Kier molecular flexibility index (Phi) is 10.1. The van der Waals surface area contributed by atoms with Crippen molar-refractivity contribution in [2.45, 2.75) is 87.9 Å². The lowest BCUT2D eigenvalue weighted by molar-refractivity contribution is -0.223. The van der Waals surface area contributed by atoms with Gasteiger partial charge in [0.2, 0.25) is 0 Å². The Morgan fingerprint density at radius 3 is 2.52 bits per heavy atom. The van der Waals surface area contributed by atoms with Crippen LogP contribution in [0.3, 0.4) is 0 Å². The van der Waals surface area contributed by atoms with Crippen molar-refractivity contribution in [3.05, 3.63) is 71.7 Å². The lowest BCUT2D eigenvalue weighted by atomic mass is 9.88. The molecule has 3 N–H and O–H groups in total. The van der Waals surface area contributed by atoms with Crippen LogP contribution in [0.1, 0.15) is 49.8 Å². The van der Waals surface area contributed by atoms with Crippen LogP contribution in [-0.4, -0.2) is 90.3 Å². The Morgan fingerprint density at radius 1 is 1.11 bits per heavy atom. The van der Waals surface area contributed by atoms with Gasteiger partial charge in [-0.3, -0.25) is 9.59 Å². The number of nitrogens with zero attached hydrogens (tertiary/aromatic N) is 4. The van der Waals surface area contributed by atoms with Crippen molar-refractivity contribution >= 4 is 11.9 Å². The number of hydrogen-bond acceptors (Lipinski definition) is 9. The van der Waals surface area contributed by atoms with Gasteiger partial charge < -0.3 is 29.7 Å². The SMILES string of the molecule is CC(=O)O[C@@H]1[C@@H](n2cc(-c3cccc(F)c3)nn2)[C@@H](O)[C@@H](CO)O[C@H]1C(=O)N(Cc1ccccc1C(F)(F)F)[C@H]1CCCC[C@@H]1O. The van der Waals surface area contributed by atoms with E-state index in [2.05, 4.69) is 10.3 Å². The minimum absolute atomic E-state index is 0.180. The fourth-order valence-electron chi connectivity index (χ4n) is 6.22. The number of halogens is 4. The summed E-state index contributed by atoms with van der Waals surface area (Å²) in [5.74, 6) is -2.34. The minimum Gasteiger partial charge on any atom is -0.457 e. The number of carbonyl (C=O) groups is 2. The topological polar surface area (TPSA) is 147 Å². The molecule has 2 aromatic carbocycles. The van der Waals surface area contributed by atoms with Gasteiger partial charge >= 0.3 is 12.1 Å². The number of benzene rings is 2. The number of hydrogen-bond donors (Lipinski definition) is 3. The van der Waals surface area contributed by atoms with Gasteiger partial charge in [-0.2, -0.15) is 13.2 Å². The van der Waals surface area contributed by atoms with Gasteiger partial charge in [0.25, 0.3) is 5.91 Å². The zero-order valence-electron chi connectivity index (χ0n) is 24.8. The van der Waals surface area contributed by atoms with E-state index in [0.29, 0.717) is 24.8 Å². The lowest BCUT2D eigenvalue weighted by Crippen LogP contribution is -2.63. The van der Waals surface area contributed by atoms with Crippen LogP contribution in [0.25, 0.3) is 11.3 Å². The molecular weight excluding hydrogens is 616 g/mol. The van der Waals surface area contributed by atoms with Gasteiger partial charge in [-0.1, -0.05) is 48.4 Å². The smallest absolute Gasteiger partial charge is 0.416 e. The second-order valence-corrected chi connectivity index (χ2v) is 11.5. The first-order valence-electron chi connectivity index (χ1n) is 14.8. The van der Waals surface area contributed by atoms with Gasteiger partial charge in [0.15, 0.2) is 12.2 Å². The number of carbonyl (C=O) groups excluding carboxylic acids is 2. The third-order valence-corrected chi connectivity index (χ3v) is 8.39. The van der Waals surface area contributed by atoms with Crippen LogP contribution in [-0.2, 0) is 31.8 Å². The van der Waals surface area contributed by atoms with E-state index in [1.807, 2.05) is 0 Å². The molecule has 248 valence electrons. The van der Waals surface area contributed by atoms with Crippen molar-refractivity contribution in [3.63, 3.8) is 0 Å². The van der Waals surface area contributed by atoms with Crippen molar-refractivity contribution < 1.29 is 51.9 Å². The number of amides is 1. The molecule has 2 fully saturated rings. The first-order chi connectivity index (χ1) is 21.9. The van der Waals surface area contributed by atoms with E-state index >= 15 is 0 Å². The van der Waals surface area contributed by atoms with E-state index in [4.69, 9.17) is 9.47 Å². The fourth-order valence-corrected chi connectivity index (χ4v) is 6.22. The fraction of sp³-hybridized carbons (Fsp3) is 0.484. The summed E-state index contributed by atoms with van der Waals surface area (Å²) in [4.78, 5) is 27.9. The van der Waals surface area contributed by atoms with Gasteiger partial charge in [0, 0.05) is 19.0 Å². The van der Waals surface area contributed by atoms with Crippen molar-refractivity contribution in [1.29, 1.82) is 0 Å². The molecule has 1 amide bonds. The molecule has 1 saturated carbocycles. The van der Waals surface area contributed by atoms with E-state index in [1.54, 1.807) is 6.07 Å². The van der Waals surface area contributed by atoms with Crippen molar-refractivity contribution in [2.24, 2.45) is 0 Å². The van der Waals surface area contributed by atoms with E-state index < -0.39 is 85.2 Å². The molecule has 0 unspecified atom stereocenters. The molecule has 7 atom stereocenters. The highest BCUT2D eigenvalue weighted by Crippen LogP contribution is 2.37. The molecule has 15 heteroatoms. The quantitative estimate of drug-likeness (QED) is 0.247. The second-order valence-electron chi connectivity index (χ2n) is 11.5. The highest BCUT2D eigenvalue weighted by atomic mass is 19.4. The molecule has 0 radical (unpaired) electrons. The molecule has 5 rings (SSSR count). The largest absolute Gasteiger partial charge is 0.457 e. The second kappa shape index (κ2) is 13.8. The molecule has 0 spiro atoms. The number of ether oxygens (including phenoxy) is 2. The third kappa shape index (κ3) is 7.07. The molecule has 1 aliphatic heterocycles. The van der Waals surface area contributed by atoms with E-state index in [9.17, 15) is 42.5 Å². The molecule has 2 heterocycles. The maximum atomic E-state index is 14.5. The molecule has 46 heavy (non-hydrogen) atoms. The number of alkyl halides is 3. The number of aliphatic hydroxyl groups excluding tert-OH is 3. The van der Waals surface area contributed by atoms with Gasteiger partial charge in [-0.15, -0.1) is 5.10 Å². The van der Waals surface area contributed by atoms with Crippen LogP contribution in [0.2, 0.25) is 0 Å². The van der Waals surface area contributed by atoms with E-state index in [0.717, 1.165) is 22.6 Å². The average Bonchev–Trinajstić information content (AvgIpc) is 3.50. The summed E-state index contributed by atoms with van der Waals surface area (Å²) in [6.07, 6.45) is -9.03. The molecule has 1 aliphatic carbocycles. The number of aromatic nitrogens is 3. The Morgan fingerprint density at radius 2 is 1.85 bits per heavy atom. The number of rotatable bonds is 8. The highest BCUT2D eigenvalue weighted by molar-refractivity contribution is 5.83. The summed E-state index contributed by atoms with van der Waals surface area (Å²) in [7, 11) is 0. The summed E-state index contributed by atoms with van der Waals surface area (Å²) in [5, 5.41) is 40.4. The Balaban J connectivity index is 1.57. The van der Waals surface area contributed by atoms with Crippen LogP contribution in [0.15, 0.2) is 54.7 Å². The van der Waals surface area contributed by atoms with Gasteiger partial charge in [-0.25, -0.2) is 9.07 Å². The predicted octanol–water partition coefficient (Wildman–Crippen LogP) is 3.03. The monoisotopic (exact) mass is 650 g/mol. The summed E-state index contributed by atoms with van der Waals surface area (Å²) < 4.78 is 68.3. The molecule has 11 nitrogen and oxygen atoms in total. The first kappa shape index (κ1) is 33.4. The van der Waals surface area contributed by atoms with Crippen LogP contribution >= 0.6 is 0 Å². The third-order valence-electron chi connectivity index (χ3n) is 8.39. The molecular formula is C31H34F4N4O7. The summed E-state index contributed by atoms with van der Waals surface area (Å²) in [6.45, 7) is -0.291. The molecule has 2 aliphatic rings. The van der Waals surface area contributed by atoms with Gasteiger partial charge in [0.1, 0.15) is 29.8 Å². The van der Waals surface area contributed by atoms with E-state index in [-0.39, 0.29) is 17.7 Å². The van der Waals surface area contributed by atoms with Gasteiger partial charge in [-0.05, 0) is 36.6 Å². The van der Waals surface area contributed by atoms with Crippen LogP contribution in [0.5, 0.6) is 0 Å². The normalized spacial score (nSPS) is 26.8. The number of esters is 1.